The third kappa shape index (κ3) is 3.99. The monoisotopic (exact) mass is 315 g/mol. The number of rotatable bonds is 6. The van der Waals surface area contributed by atoms with Crippen molar-refractivity contribution < 1.29 is 9.90 Å². The normalized spacial score (nSPS) is 15.0. The molecule has 0 fully saturated rings. The highest BCUT2D eigenvalue weighted by Crippen LogP contribution is 2.19. The number of para-hydroxylation sites is 1. The van der Waals surface area contributed by atoms with E-state index in [-0.39, 0.29) is 18.4 Å². The van der Waals surface area contributed by atoms with Crippen LogP contribution in [-0.2, 0) is 0 Å². The molecular weight excluding hydrogens is 290 g/mol. The second kappa shape index (κ2) is 6.96. The van der Waals surface area contributed by atoms with Gasteiger partial charge in [0.25, 0.3) is 5.91 Å². The maximum absolute atomic E-state index is 12.4. The van der Waals surface area contributed by atoms with E-state index in [4.69, 9.17) is 0 Å². The van der Waals surface area contributed by atoms with Gasteiger partial charge in [0.15, 0.2) is 0 Å². The summed E-state index contributed by atoms with van der Waals surface area (Å²) in [6, 6.07) is 9.65. The van der Waals surface area contributed by atoms with E-state index in [2.05, 4.69) is 10.4 Å². The molecule has 0 aliphatic heterocycles. The second-order valence-electron chi connectivity index (χ2n) is 6.26. The molecule has 2 N–H and O–H groups in total. The van der Waals surface area contributed by atoms with Gasteiger partial charge in [-0.15, -0.1) is 0 Å². The van der Waals surface area contributed by atoms with Crippen LogP contribution in [0.3, 0.4) is 0 Å². The van der Waals surface area contributed by atoms with Gasteiger partial charge in [0.1, 0.15) is 0 Å². The number of nitrogens with zero attached hydrogens (tertiary/aromatic N) is 2. The maximum atomic E-state index is 12.4. The number of hydrogen-bond donors (Lipinski definition) is 2. The van der Waals surface area contributed by atoms with Gasteiger partial charge >= 0.3 is 0 Å². The zero-order valence-corrected chi connectivity index (χ0v) is 14.2. The summed E-state index contributed by atoms with van der Waals surface area (Å²) < 4.78 is 1.69. The maximum Gasteiger partial charge on any atom is 0.254 e. The van der Waals surface area contributed by atoms with Crippen LogP contribution in [-0.4, -0.2) is 32.9 Å². The second-order valence-corrected chi connectivity index (χ2v) is 6.26. The minimum atomic E-state index is -0.923. The minimum Gasteiger partial charge on any atom is -0.388 e. The van der Waals surface area contributed by atoms with Crippen LogP contribution >= 0.6 is 0 Å². The predicted octanol–water partition coefficient (Wildman–Crippen LogP) is 2.71. The predicted molar refractivity (Wildman–Crippen MR) is 90.7 cm³/mol. The van der Waals surface area contributed by atoms with Crippen LogP contribution in [0, 0.1) is 12.8 Å². The van der Waals surface area contributed by atoms with Crippen LogP contribution in [0.25, 0.3) is 5.69 Å². The van der Waals surface area contributed by atoms with Gasteiger partial charge in [0.05, 0.1) is 22.5 Å². The number of carbonyl (C=O) groups excluding carboxylic acids is 1. The molecule has 5 nitrogen and oxygen atoms in total. The first-order valence-electron chi connectivity index (χ1n) is 7.97. The smallest absolute Gasteiger partial charge is 0.254 e. The van der Waals surface area contributed by atoms with E-state index in [9.17, 15) is 9.90 Å². The number of aromatic nitrogens is 2. The Kier molecular flexibility index (Phi) is 5.21. The Balaban J connectivity index is 2.10. The van der Waals surface area contributed by atoms with Gasteiger partial charge in [-0.05, 0) is 31.9 Å². The number of nitrogens with one attached hydrogen (secondary N) is 1. The van der Waals surface area contributed by atoms with E-state index in [0.717, 1.165) is 12.1 Å². The Hall–Kier alpha value is -2.14. The number of benzene rings is 1. The molecular formula is C18H25N3O2. The Morgan fingerprint density at radius 1 is 1.39 bits per heavy atom. The van der Waals surface area contributed by atoms with Gasteiger partial charge in [-0.25, -0.2) is 4.68 Å². The third-order valence-electron chi connectivity index (χ3n) is 4.45. The van der Waals surface area contributed by atoms with E-state index in [1.807, 2.05) is 44.2 Å². The van der Waals surface area contributed by atoms with Crippen LogP contribution in [0.5, 0.6) is 0 Å². The van der Waals surface area contributed by atoms with Crippen LogP contribution in [0.1, 0.15) is 43.2 Å². The van der Waals surface area contributed by atoms with Crippen molar-refractivity contribution in [3.63, 3.8) is 0 Å². The molecule has 1 aromatic carbocycles. The van der Waals surface area contributed by atoms with Crippen molar-refractivity contribution in [2.75, 3.05) is 6.54 Å². The Morgan fingerprint density at radius 3 is 2.65 bits per heavy atom. The summed E-state index contributed by atoms with van der Waals surface area (Å²) in [6.07, 6.45) is 2.58. The highest BCUT2D eigenvalue weighted by molar-refractivity contribution is 5.95. The first kappa shape index (κ1) is 17.2. The summed E-state index contributed by atoms with van der Waals surface area (Å²) in [7, 11) is 0. The van der Waals surface area contributed by atoms with Crippen molar-refractivity contribution in [3.8, 4) is 5.69 Å². The summed E-state index contributed by atoms with van der Waals surface area (Å²) in [5.74, 6) is -0.107. The number of carbonyl (C=O) groups is 1. The van der Waals surface area contributed by atoms with Gasteiger partial charge in [-0.3, -0.25) is 4.79 Å². The topological polar surface area (TPSA) is 67.2 Å². The molecule has 0 spiro atoms. The molecule has 0 saturated carbocycles. The van der Waals surface area contributed by atoms with Crippen molar-refractivity contribution >= 4 is 5.91 Å². The van der Waals surface area contributed by atoms with Crippen LogP contribution in [0.2, 0.25) is 0 Å². The molecule has 124 valence electrons. The van der Waals surface area contributed by atoms with Crippen molar-refractivity contribution in [1.82, 2.24) is 15.1 Å². The molecule has 1 heterocycles. The third-order valence-corrected chi connectivity index (χ3v) is 4.45. The molecule has 0 aliphatic carbocycles. The lowest BCUT2D eigenvalue weighted by Crippen LogP contribution is -2.45. The summed E-state index contributed by atoms with van der Waals surface area (Å²) in [5, 5.41) is 17.6. The van der Waals surface area contributed by atoms with Gasteiger partial charge in [0, 0.05) is 12.7 Å². The molecule has 2 rings (SSSR count). The molecule has 2 atom stereocenters. The summed E-state index contributed by atoms with van der Waals surface area (Å²) in [4.78, 5) is 12.4. The number of amides is 1. The van der Waals surface area contributed by atoms with E-state index in [1.54, 1.807) is 24.7 Å². The van der Waals surface area contributed by atoms with Crippen molar-refractivity contribution in [2.24, 2.45) is 5.92 Å². The van der Waals surface area contributed by atoms with E-state index >= 15 is 0 Å². The fraction of sp³-hybridized carbons (Fsp3) is 0.444. The van der Waals surface area contributed by atoms with E-state index < -0.39 is 5.60 Å². The fourth-order valence-corrected chi connectivity index (χ4v) is 2.36. The minimum absolute atomic E-state index is 0.107. The average molecular weight is 315 g/mol. The lowest BCUT2D eigenvalue weighted by molar-refractivity contribution is 0.00592. The average Bonchev–Trinajstić information content (AvgIpc) is 2.94. The standard InChI is InChI=1S/C18H25N3O2/c1-5-13(2)18(4,23)12-19-17(22)16-11-21(20-14(16)3)15-9-7-6-8-10-15/h6-11,13,23H,5,12H2,1-4H3,(H,19,22). The molecule has 5 heteroatoms. The van der Waals surface area contributed by atoms with Gasteiger partial charge < -0.3 is 10.4 Å². The van der Waals surface area contributed by atoms with Crippen LogP contribution < -0.4 is 5.32 Å². The molecule has 0 saturated heterocycles. The molecule has 2 aromatic rings. The largest absolute Gasteiger partial charge is 0.388 e. The molecule has 0 radical (unpaired) electrons. The Bertz CT molecular complexity index is 662. The Morgan fingerprint density at radius 2 is 2.04 bits per heavy atom. The summed E-state index contributed by atoms with van der Waals surface area (Å²) in [6.45, 7) is 7.78. The zero-order valence-electron chi connectivity index (χ0n) is 14.2. The van der Waals surface area contributed by atoms with Crippen molar-refractivity contribution in [1.29, 1.82) is 0 Å². The first-order valence-corrected chi connectivity index (χ1v) is 7.97. The molecule has 1 aromatic heterocycles. The highest BCUT2D eigenvalue weighted by Gasteiger charge is 2.28. The van der Waals surface area contributed by atoms with Gasteiger partial charge in [0.2, 0.25) is 0 Å². The Labute approximate surface area is 137 Å². The SMILES string of the molecule is CCC(C)C(C)(O)CNC(=O)c1cn(-c2ccccc2)nc1C. The van der Waals surface area contributed by atoms with Crippen molar-refractivity contribution in [2.45, 2.75) is 39.7 Å². The summed E-state index contributed by atoms with van der Waals surface area (Å²) in [5.41, 5.74) is 1.16. The lowest BCUT2D eigenvalue weighted by atomic mass is 9.88. The quantitative estimate of drug-likeness (QED) is 0.861. The number of aryl methyl sites for hydroxylation is 1. The molecule has 2 unspecified atom stereocenters. The number of aliphatic hydroxyl groups is 1. The molecule has 0 aliphatic rings. The van der Waals surface area contributed by atoms with Crippen LogP contribution in [0.4, 0.5) is 0 Å². The van der Waals surface area contributed by atoms with E-state index in [1.165, 1.54) is 0 Å². The first-order chi connectivity index (χ1) is 10.8. The zero-order chi connectivity index (χ0) is 17.0. The molecule has 1 amide bonds. The van der Waals surface area contributed by atoms with Crippen LogP contribution in [0.15, 0.2) is 36.5 Å². The highest BCUT2D eigenvalue weighted by atomic mass is 16.3. The number of hydrogen-bond acceptors (Lipinski definition) is 3. The summed E-state index contributed by atoms with van der Waals surface area (Å²) >= 11 is 0. The lowest BCUT2D eigenvalue weighted by Gasteiger charge is -2.29. The molecule has 23 heavy (non-hydrogen) atoms. The van der Waals surface area contributed by atoms with Crippen molar-refractivity contribution in [3.05, 3.63) is 47.8 Å². The molecule has 0 bridgehead atoms. The van der Waals surface area contributed by atoms with Gasteiger partial charge in [-0.2, -0.15) is 5.10 Å². The van der Waals surface area contributed by atoms with E-state index in [0.29, 0.717) is 11.3 Å². The van der Waals surface area contributed by atoms with Gasteiger partial charge in [-0.1, -0.05) is 38.5 Å². The fourth-order valence-electron chi connectivity index (χ4n) is 2.36.